The molecule has 0 aliphatic rings. The predicted octanol–water partition coefficient (Wildman–Crippen LogP) is 3.26. The SMILES string of the molecule is O=C(C=Cc1ccc(F)cc1)NCCc1cccs1. The van der Waals surface area contributed by atoms with Crippen LogP contribution in [0.25, 0.3) is 6.08 Å². The summed E-state index contributed by atoms with van der Waals surface area (Å²) < 4.78 is 12.7. The molecule has 0 unspecified atom stereocenters. The minimum Gasteiger partial charge on any atom is -0.352 e. The summed E-state index contributed by atoms with van der Waals surface area (Å²) in [7, 11) is 0. The summed E-state index contributed by atoms with van der Waals surface area (Å²) in [6.07, 6.45) is 3.97. The summed E-state index contributed by atoms with van der Waals surface area (Å²) in [5.41, 5.74) is 0.801. The third kappa shape index (κ3) is 4.67. The first kappa shape index (κ1) is 13.5. The third-order valence-electron chi connectivity index (χ3n) is 2.55. The highest BCUT2D eigenvalue weighted by molar-refractivity contribution is 7.09. The van der Waals surface area contributed by atoms with E-state index in [4.69, 9.17) is 0 Å². The van der Waals surface area contributed by atoms with Crippen LogP contribution < -0.4 is 5.32 Å². The summed E-state index contributed by atoms with van der Waals surface area (Å²) in [6, 6.07) is 10.0. The van der Waals surface area contributed by atoms with Crippen LogP contribution in [-0.4, -0.2) is 12.5 Å². The van der Waals surface area contributed by atoms with Gasteiger partial charge in [0.05, 0.1) is 0 Å². The van der Waals surface area contributed by atoms with E-state index in [1.54, 1.807) is 29.5 Å². The Hall–Kier alpha value is -1.94. The summed E-state index contributed by atoms with van der Waals surface area (Å²) in [5.74, 6) is -0.418. The molecule has 98 valence electrons. The Balaban J connectivity index is 1.76. The average molecular weight is 275 g/mol. The minimum absolute atomic E-state index is 0.138. The molecule has 4 heteroatoms. The molecular weight excluding hydrogens is 261 g/mol. The highest BCUT2D eigenvalue weighted by Gasteiger charge is 1.97. The van der Waals surface area contributed by atoms with Gasteiger partial charge in [-0.25, -0.2) is 4.39 Å². The Morgan fingerprint density at radius 3 is 2.74 bits per heavy atom. The minimum atomic E-state index is -0.280. The molecular formula is C15H14FNOS. The van der Waals surface area contributed by atoms with Crippen LogP contribution in [0.2, 0.25) is 0 Å². The molecule has 0 aliphatic carbocycles. The van der Waals surface area contributed by atoms with Gasteiger partial charge in [-0.1, -0.05) is 18.2 Å². The quantitative estimate of drug-likeness (QED) is 0.834. The van der Waals surface area contributed by atoms with Crippen LogP contribution in [-0.2, 0) is 11.2 Å². The Morgan fingerprint density at radius 1 is 1.26 bits per heavy atom. The Kier molecular flexibility index (Phi) is 4.86. The number of thiophene rings is 1. The van der Waals surface area contributed by atoms with Crippen molar-refractivity contribution >= 4 is 23.3 Å². The number of benzene rings is 1. The van der Waals surface area contributed by atoms with Crippen molar-refractivity contribution in [3.8, 4) is 0 Å². The van der Waals surface area contributed by atoms with Crippen LogP contribution in [0.1, 0.15) is 10.4 Å². The number of nitrogens with one attached hydrogen (secondary N) is 1. The van der Waals surface area contributed by atoms with Crippen molar-refractivity contribution in [2.75, 3.05) is 6.54 Å². The Labute approximate surface area is 115 Å². The van der Waals surface area contributed by atoms with Gasteiger partial charge in [-0.15, -0.1) is 11.3 Å². The maximum atomic E-state index is 12.7. The first-order chi connectivity index (χ1) is 9.24. The monoisotopic (exact) mass is 275 g/mol. The van der Waals surface area contributed by atoms with Gasteiger partial charge in [-0.3, -0.25) is 4.79 Å². The van der Waals surface area contributed by atoms with E-state index in [1.807, 2.05) is 17.5 Å². The van der Waals surface area contributed by atoms with E-state index in [-0.39, 0.29) is 11.7 Å². The maximum absolute atomic E-state index is 12.7. The second-order valence-corrected chi connectivity index (χ2v) is 5.04. The largest absolute Gasteiger partial charge is 0.352 e. The van der Waals surface area contributed by atoms with Crippen LogP contribution >= 0.6 is 11.3 Å². The topological polar surface area (TPSA) is 29.1 Å². The van der Waals surface area contributed by atoms with Crippen LogP contribution in [0.4, 0.5) is 4.39 Å². The lowest BCUT2D eigenvalue weighted by molar-refractivity contribution is -0.116. The van der Waals surface area contributed by atoms with Crippen molar-refractivity contribution in [2.45, 2.75) is 6.42 Å². The lowest BCUT2D eigenvalue weighted by atomic mass is 10.2. The second-order valence-electron chi connectivity index (χ2n) is 4.01. The highest BCUT2D eigenvalue weighted by atomic mass is 32.1. The summed E-state index contributed by atoms with van der Waals surface area (Å²) in [4.78, 5) is 12.8. The summed E-state index contributed by atoms with van der Waals surface area (Å²) >= 11 is 1.68. The molecule has 1 aromatic carbocycles. The molecule has 0 atom stereocenters. The maximum Gasteiger partial charge on any atom is 0.244 e. The van der Waals surface area contributed by atoms with E-state index < -0.39 is 0 Å². The smallest absolute Gasteiger partial charge is 0.244 e. The predicted molar refractivity (Wildman–Crippen MR) is 76.5 cm³/mol. The van der Waals surface area contributed by atoms with Gasteiger partial charge in [0, 0.05) is 17.5 Å². The highest BCUT2D eigenvalue weighted by Crippen LogP contribution is 2.08. The normalized spacial score (nSPS) is 10.8. The van der Waals surface area contributed by atoms with Gasteiger partial charge in [-0.2, -0.15) is 0 Å². The fraction of sp³-hybridized carbons (Fsp3) is 0.133. The Bertz CT molecular complexity index is 546. The van der Waals surface area contributed by atoms with E-state index >= 15 is 0 Å². The molecule has 2 nitrogen and oxygen atoms in total. The van der Waals surface area contributed by atoms with E-state index in [2.05, 4.69) is 5.32 Å². The average Bonchev–Trinajstić information content (AvgIpc) is 2.91. The molecule has 0 saturated heterocycles. The zero-order valence-corrected chi connectivity index (χ0v) is 11.1. The van der Waals surface area contributed by atoms with Gasteiger partial charge in [0.25, 0.3) is 0 Å². The van der Waals surface area contributed by atoms with Crippen molar-refractivity contribution in [1.82, 2.24) is 5.32 Å². The third-order valence-corrected chi connectivity index (χ3v) is 3.48. The molecule has 2 aromatic rings. The summed E-state index contributed by atoms with van der Waals surface area (Å²) in [5, 5.41) is 4.83. The molecule has 0 aliphatic heterocycles. The van der Waals surface area contributed by atoms with Crippen LogP contribution in [0.15, 0.2) is 47.9 Å². The van der Waals surface area contributed by atoms with E-state index in [0.29, 0.717) is 6.54 Å². The van der Waals surface area contributed by atoms with E-state index in [1.165, 1.54) is 23.1 Å². The molecule has 0 saturated carbocycles. The number of rotatable bonds is 5. The number of hydrogen-bond donors (Lipinski definition) is 1. The van der Waals surface area contributed by atoms with Crippen LogP contribution in [0.5, 0.6) is 0 Å². The van der Waals surface area contributed by atoms with Gasteiger partial charge in [0.2, 0.25) is 5.91 Å². The van der Waals surface area contributed by atoms with E-state index in [9.17, 15) is 9.18 Å². The fourth-order valence-electron chi connectivity index (χ4n) is 1.57. The molecule has 2 rings (SSSR count). The van der Waals surface area contributed by atoms with Crippen molar-refractivity contribution in [1.29, 1.82) is 0 Å². The molecule has 0 bridgehead atoms. The van der Waals surface area contributed by atoms with Gasteiger partial charge >= 0.3 is 0 Å². The van der Waals surface area contributed by atoms with Crippen LogP contribution in [0.3, 0.4) is 0 Å². The lowest BCUT2D eigenvalue weighted by Gasteiger charge is -2.00. The van der Waals surface area contributed by atoms with Gasteiger partial charge in [0.1, 0.15) is 5.82 Å². The molecule has 1 aromatic heterocycles. The molecule has 0 fully saturated rings. The number of amides is 1. The van der Waals surface area contributed by atoms with Gasteiger partial charge in [-0.05, 0) is 41.6 Å². The lowest BCUT2D eigenvalue weighted by Crippen LogP contribution is -2.23. The van der Waals surface area contributed by atoms with Crippen molar-refractivity contribution in [2.24, 2.45) is 0 Å². The number of carbonyl (C=O) groups excluding carboxylic acids is 1. The number of hydrogen-bond acceptors (Lipinski definition) is 2. The number of carbonyl (C=O) groups is 1. The van der Waals surface area contributed by atoms with Crippen molar-refractivity contribution in [3.05, 3.63) is 64.1 Å². The molecule has 1 N–H and O–H groups in total. The first-order valence-electron chi connectivity index (χ1n) is 5.98. The molecule has 19 heavy (non-hydrogen) atoms. The van der Waals surface area contributed by atoms with Gasteiger partial charge in [0.15, 0.2) is 0 Å². The number of halogens is 1. The van der Waals surface area contributed by atoms with Gasteiger partial charge < -0.3 is 5.32 Å². The summed E-state index contributed by atoms with van der Waals surface area (Å²) in [6.45, 7) is 0.618. The molecule has 0 radical (unpaired) electrons. The molecule has 0 spiro atoms. The fourth-order valence-corrected chi connectivity index (χ4v) is 2.28. The van der Waals surface area contributed by atoms with Crippen molar-refractivity contribution in [3.63, 3.8) is 0 Å². The Morgan fingerprint density at radius 2 is 2.05 bits per heavy atom. The molecule has 1 heterocycles. The standard InChI is InChI=1S/C15H14FNOS/c16-13-6-3-12(4-7-13)5-8-15(18)17-10-9-14-2-1-11-19-14/h1-8,11H,9-10H2,(H,17,18). The molecule has 1 amide bonds. The first-order valence-corrected chi connectivity index (χ1v) is 6.86. The zero-order valence-electron chi connectivity index (χ0n) is 10.3. The van der Waals surface area contributed by atoms with Crippen LogP contribution in [0, 0.1) is 5.82 Å². The second kappa shape index (κ2) is 6.85. The van der Waals surface area contributed by atoms with E-state index in [0.717, 1.165) is 12.0 Å². The van der Waals surface area contributed by atoms with Crippen molar-refractivity contribution < 1.29 is 9.18 Å². The zero-order chi connectivity index (χ0) is 13.5.